The van der Waals surface area contributed by atoms with Gasteiger partial charge in [-0.3, -0.25) is 0 Å². The zero-order valence-corrected chi connectivity index (χ0v) is 28.5. The Morgan fingerprint density at radius 3 is 1.61 bits per heavy atom. The fraction of sp³-hybridized carbons (Fsp3) is 0.0638. The molecular weight excluding hydrogens is 611 g/mol. The van der Waals surface area contributed by atoms with E-state index in [1.165, 1.54) is 60.5 Å². The highest BCUT2D eigenvalue weighted by molar-refractivity contribution is 7.85. The van der Waals surface area contributed by atoms with Crippen molar-refractivity contribution in [2.45, 2.75) is 19.3 Å². The molecule has 0 bridgehead atoms. The zero-order chi connectivity index (χ0) is 33.2. The Labute approximate surface area is 287 Å². The Balaban J connectivity index is 1.33. The summed E-state index contributed by atoms with van der Waals surface area (Å²) in [5.74, 6) is 0. The molecule has 0 saturated heterocycles. The molecule has 0 radical (unpaired) electrons. The molecular formula is C47H35OP. The SMILES string of the molecule is CC1(C)c2cc(-c3ccccc3)ccc2-c2c3ccccc3c(-c3cccc(P(=O)(c4ccccc4)c4ccccc4)c3)c3cccc1c23. The predicted octanol–water partition coefficient (Wildman–Crippen LogP) is 11.3. The van der Waals surface area contributed by atoms with Gasteiger partial charge in [-0.05, 0) is 78.2 Å². The topological polar surface area (TPSA) is 17.1 Å². The van der Waals surface area contributed by atoms with Crippen LogP contribution in [-0.4, -0.2) is 0 Å². The van der Waals surface area contributed by atoms with Crippen LogP contribution in [0.2, 0.25) is 0 Å². The maximum atomic E-state index is 15.4. The van der Waals surface area contributed by atoms with Crippen molar-refractivity contribution < 1.29 is 4.57 Å². The molecule has 0 fully saturated rings. The lowest BCUT2D eigenvalue weighted by atomic mass is 9.66. The first-order chi connectivity index (χ1) is 24.0. The highest BCUT2D eigenvalue weighted by Crippen LogP contribution is 2.54. The summed E-state index contributed by atoms with van der Waals surface area (Å²) < 4.78 is 15.4. The summed E-state index contributed by atoms with van der Waals surface area (Å²) in [6.45, 7) is 4.73. The van der Waals surface area contributed by atoms with E-state index in [1.807, 2.05) is 66.7 Å². The van der Waals surface area contributed by atoms with Crippen molar-refractivity contribution >= 4 is 44.6 Å². The summed E-state index contributed by atoms with van der Waals surface area (Å²) >= 11 is 0. The highest BCUT2D eigenvalue weighted by Gasteiger charge is 2.36. The minimum atomic E-state index is -3.15. The molecule has 8 aromatic carbocycles. The minimum absolute atomic E-state index is 0.218. The molecule has 2 heteroatoms. The lowest BCUT2D eigenvalue weighted by Gasteiger charge is -2.37. The van der Waals surface area contributed by atoms with E-state index in [2.05, 4.69) is 123 Å². The van der Waals surface area contributed by atoms with Crippen molar-refractivity contribution in [3.63, 3.8) is 0 Å². The molecule has 0 spiro atoms. The van der Waals surface area contributed by atoms with E-state index in [4.69, 9.17) is 0 Å². The number of hydrogen-bond donors (Lipinski definition) is 0. The third kappa shape index (κ3) is 4.50. The second-order valence-electron chi connectivity index (χ2n) is 13.6. The van der Waals surface area contributed by atoms with Crippen LogP contribution in [0, 0.1) is 0 Å². The molecule has 0 heterocycles. The van der Waals surface area contributed by atoms with Crippen molar-refractivity contribution in [3.05, 3.63) is 187 Å². The fourth-order valence-corrected chi connectivity index (χ4v) is 10.9. The fourth-order valence-electron chi connectivity index (χ4n) is 8.16. The van der Waals surface area contributed by atoms with Crippen LogP contribution in [0.1, 0.15) is 25.0 Å². The van der Waals surface area contributed by atoms with Gasteiger partial charge in [0.05, 0.1) is 0 Å². The van der Waals surface area contributed by atoms with Crippen molar-refractivity contribution in [3.8, 4) is 33.4 Å². The van der Waals surface area contributed by atoms with Gasteiger partial charge < -0.3 is 4.57 Å². The van der Waals surface area contributed by atoms with Gasteiger partial charge in [0, 0.05) is 21.3 Å². The van der Waals surface area contributed by atoms with Gasteiger partial charge in [0.2, 0.25) is 0 Å². The van der Waals surface area contributed by atoms with Gasteiger partial charge in [0.25, 0.3) is 0 Å². The Bertz CT molecular complexity index is 2540. The van der Waals surface area contributed by atoms with E-state index in [0.29, 0.717) is 0 Å². The third-order valence-electron chi connectivity index (χ3n) is 10.5. The molecule has 0 amide bonds. The van der Waals surface area contributed by atoms with Crippen LogP contribution in [0.4, 0.5) is 0 Å². The standard InChI is InChI=1S/C47H35OP/c1-47(2)42-27-15-26-41-44(34-18-14-23-37(30-34)49(48,35-19-8-4-9-20-35)36-21-10-5-11-22-36)38-24-12-13-25-39(38)45(46(41)42)40-29-28-33(31-43(40)47)32-16-6-3-7-17-32/h3-31H,1-2H3. The zero-order valence-electron chi connectivity index (χ0n) is 27.6. The van der Waals surface area contributed by atoms with Gasteiger partial charge in [0.1, 0.15) is 0 Å². The Morgan fingerprint density at radius 2 is 0.939 bits per heavy atom. The van der Waals surface area contributed by atoms with Crippen LogP contribution in [0.5, 0.6) is 0 Å². The first kappa shape index (κ1) is 29.6. The Hall–Kier alpha value is -5.49. The molecule has 0 saturated carbocycles. The second-order valence-corrected chi connectivity index (χ2v) is 16.4. The minimum Gasteiger partial charge on any atom is -0.309 e. The number of hydrogen-bond acceptors (Lipinski definition) is 1. The molecule has 9 rings (SSSR count). The van der Waals surface area contributed by atoms with Crippen LogP contribution < -0.4 is 15.9 Å². The maximum absolute atomic E-state index is 15.4. The van der Waals surface area contributed by atoms with Gasteiger partial charge in [-0.15, -0.1) is 0 Å². The number of rotatable bonds is 5. The monoisotopic (exact) mass is 646 g/mol. The largest absolute Gasteiger partial charge is 0.309 e. The average molecular weight is 647 g/mol. The lowest BCUT2D eigenvalue weighted by Crippen LogP contribution is -2.25. The summed E-state index contributed by atoms with van der Waals surface area (Å²) in [5.41, 5.74) is 9.79. The first-order valence-corrected chi connectivity index (χ1v) is 18.7. The van der Waals surface area contributed by atoms with E-state index in [0.717, 1.165) is 21.5 Å². The van der Waals surface area contributed by atoms with E-state index < -0.39 is 7.14 Å². The third-order valence-corrected chi connectivity index (χ3v) is 13.6. The normalized spacial score (nSPS) is 13.3. The lowest BCUT2D eigenvalue weighted by molar-refractivity contribution is 0.592. The van der Waals surface area contributed by atoms with E-state index in [1.54, 1.807) is 0 Å². The summed E-state index contributed by atoms with van der Waals surface area (Å²) in [6, 6.07) is 61.8. The number of fused-ring (bicyclic) bond motifs is 4. The maximum Gasteiger partial charge on any atom is 0.171 e. The van der Waals surface area contributed by atoms with Crippen LogP contribution in [-0.2, 0) is 9.98 Å². The van der Waals surface area contributed by atoms with E-state index in [9.17, 15) is 0 Å². The molecule has 8 aromatic rings. The van der Waals surface area contributed by atoms with Crippen molar-refractivity contribution in [2.24, 2.45) is 0 Å². The van der Waals surface area contributed by atoms with Crippen molar-refractivity contribution in [1.82, 2.24) is 0 Å². The first-order valence-electron chi connectivity index (χ1n) is 17.0. The highest BCUT2D eigenvalue weighted by atomic mass is 31.2. The quantitative estimate of drug-likeness (QED) is 0.134. The molecule has 1 nitrogen and oxygen atoms in total. The van der Waals surface area contributed by atoms with Gasteiger partial charge in [-0.1, -0.05) is 178 Å². The Kier molecular flexibility index (Phi) is 6.83. The van der Waals surface area contributed by atoms with Crippen molar-refractivity contribution in [1.29, 1.82) is 0 Å². The molecule has 1 aliphatic carbocycles. The molecule has 1 aliphatic rings. The predicted molar refractivity (Wildman–Crippen MR) is 209 cm³/mol. The smallest absolute Gasteiger partial charge is 0.171 e. The van der Waals surface area contributed by atoms with Gasteiger partial charge in [-0.25, -0.2) is 0 Å². The molecule has 0 aromatic heterocycles. The van der Waals surface area contributed by atoms with Gasteiger partial charge in [-0.2, -0.15) is 0 Å². The molecule has 0 aliphatic heterocycles. The summed E-state index contributed by atoms with van der Waals surface area (Å²) in [6.07, 6.45) is 0. The molecule has 49 heavy (non-hydrogen) atoms. The van der Waals surface area contributed by atoms with Crippen LogP contribution in [0.25, 0.3) is 54.9 Å². The van der Waals surface area contributed by atoms with Crippen LogP contribution in [0.3, 0.4) is 0 Å². The summed E-state index contributed by atoms with van der Waals surface area (Å²) in [7, 11) is -3.15. The van der Waals surface area contributed by atoms with E-state index >= 15 is 4.57 Å². The molecule has 0 N–H and O–H groups in total. The van der Waals surface area contributed by atoms with Crippen molar-refractivity contribution in [2.75, 3.05) is 0 Å². The van der Waals surface area contributed by atoms with E-state index in [-0.39, 0.29) is 5.41 Å². The summed E-state index contributed by atoms with van der Waals surface area (Å²) in [5, 5.41) is 7.49. The van der Waals surface area contributed by atoms with Crippen LogP contribution >= 0.6 is 7.14 Å². The molecule has 234 valence electrons. The molecule has 0 atom stereocenters. The number of benzene rings is 8. The summed E-state index contributed by atoms with van der Waals surface area (Å²) in [4.78, 5) is 0. The second kappa shape index (κ2) is 11.3. The van der Waals surface area contributed by atoms with Crippen LogP contribution in [0.15, 0.2) is 176 Å². The van der Waals surface area contributed by atoms with Gasteiger partial charge >= 0.3 is 0 Å². The average Bonchev–Trinajstić information content (AvgIpc) is 3.17. The molecule has 0 unspecified atom stereocenters. The van der Waals surface area contributed by atoms with Gasteiger partial charge in [0.15, 0.2) is 7.14 Å². The Morgan fingerprint density at radius 1 is 0.408 bits per heavy atom.